The molecule has 2 nitrogen and oxygen atoms in total. The van der Waals surface area contributed by atoms with Crippen LogP contribution in [0.15, 0.2) is 0 Å². The maximum atomic E-state index is 3.72. The Morgan fingerprint density at radius 3 is 2.41 bits per heavy atom. The van der Waals surface area contributed by atoms with Crippen molar-refractivity contribution in [2.24, 2.45) is 0 Å². The van der Waals surface area contributed by atoms with Gasteiger partial charge in [0.2, 0.25) is 0 Å². The Morgan fingerprint density at radius 2 is 1.88 bits per heavy atom. The smallest absolute Gasteiger partial charge is 0.0304 e. The van der Waals surface area contributed by atoms with Crippen LogP contribution >= 0.6 is 11.8 Å². The third kappa shape index (κ3) is 5.19. The highest BCUT2D eigenvalue weighted by molar-refractivity contribution is 8.00. The standard InChI is InChI=1S/C14H30N2S/c1-6-14(7-2)12-16(9-8-15-14)10-11-17-13(3,4)5/h15H,6-12H2,1-5H3. The molecule has 1 heterocycles. The monoisotopic (exact) mass is 258 g/mol. The first kappa shape index (κ1) is 15.3. The summed E-state index contributed by atoms with van der Waals surface area (Å²) >= 11 is 2.08. The highest BCUT2D eigenvalue weighted by atomic mass is 32.2. The largest absolute Gasteiger partial charge is 0.309 e. The van der Waals surface area contributed by atoms with E-state index in [9.17, 15) is 0 Å². The summed E-state index contributed by atoms with van der Waals surface area (Å²) in [4.78, 5) is 2.64. The molecule has 0 radical (unpaired) electrons. The SMILES string of the molecule is CCC1(CC)CN(CCSC(C)(C)C)CCN1. The number of hydrogen-bond acceptors (Lipinski definition) is 3. The van der Waals surface area contributed by atoms with E-state index in [1.54, 1.807) is 0 Å². The summed E-state index contributed by atoms with van der Waals surface area (Å²) in [5.41, 5.74) is 0.380. The topological polar surface area (TPSA) is 15.3 Å². The van der Waals surface area contributed by atoms with Crippen LogP contribution in [0.1, 0.15) is 47.5 Å². The predicted octanol–water partition coefficient (Wildman–Crippen LogP) is 2.98. The van der Waals surface area contributed by atoms with Gasteiger partial charge in [0.1, 0.15) is 0 Å². The molecule has 1 N–H and O–H groups in total. The van der Waals surface area contributed by atoms with E-state index < -0.39 is 0 Å². The number of rotatable bonds is 5. The highest BCUT2D eigenvalue weighted by Crippen LogP contribution is 2.24. The molecule has 0 spiro atoms. The third-order valence-corrected chi connectivity index (χ3v) is 5.00. The molecule has 0 amide bonds. The molecule has 0 aromatic rings. The second kappa shape index (κ2) is 6.44. The summed E-state index contributed by atoms with van der Waals surface area (Å²) in [5, 5.41) is 3.72. The Hall–Kier alpha value is 0.270. The van der Waals surface area contributed by atoms with Crippen molar-refractivity contribution in [1.29, 1.82) is 0 Å². The Labute approximate surface area is 112 Å². The second-order valence-corrected chi connectivity index (χ2v) is 8.07. The van der Waals surface area contributed by atoms with Crippen LogP contribution < -0.4 is 5.32 Å². The van der Waals surface area contributed by atoms with Gasteiger partial charge >= 0.3 is 0 Å². The van der Waals surface area contributed by atoms with E-state index in [2.05, 4.69) is 56.6 Å². The molecule has 0 bridgehead atoms. The molecule has 0 aromatic carbocycles. The van der Waals surface area contributed by atoms with Crippen molar-refractivity contribution in [3.63, 3.8) is 0 Å². The molecule has 17 heavy (non-hydrogen) atoms. The summed E-state index contributed by atoms with van der Waals surface area (Å²) in [7, 11) is 0. The first-order valence-corrected chi connectivity index (χ1v) is 8.01. The van der Waals surface area contributed by atoms with Crippen LogP contribution in [0.25, 0.3) is 0 Å². The van der Waals surface area contributed by atoms with E-state index in [1.165, 1.54) is 38.2 Å². The molecule has 1 aliphatic heterocycles. The fourth-order valence-electron chi connectivity index (χ4n) is 2.44. The van der Waals surface area contributed by atoms with Gasteiger partial charge < -0.3 is 5.32 Å². The molecule has 0 aliphatic carbocycles. The van der Waals surface area contributed by atoms with Crippen LogP contribution in [0.3, 0.4) is 0 Å². The summed E-state index contributed by atoms with van der Waals surface area (Å²) in [6, 6.07) is 0. The molecule has 0 atom stereocenters. The minimum absolute atomic E-state index is 0.380. The lowest BCUT2D eigenvalue weighted by Gasteiger charge is -2.43. The van der Waals surface area contributed by atoms with Crippen LogP contribution in [0.5, 0.6) is 0 Å². The van der Waals surface area contributed by atoms with Gasteiger partial charge in [-0.2, -0.15) is 11.8 Å². The molecule has 1 rings (SSSR count). The van der Waals surface area contributed by atoms with E-state index in [-0.39, 0.29) is 0 Å². The molecule has 102 valence electrons. The summed E-state index contributed by atoms with van der Waals surface area (Å²) in [5.74, 6) is 1.26. The van der Waals surface area contributed by atoms with Crippen molar-refractivity contribution in [3.8, 4) is 0 Å². The van der Waals surface area contributed by atoms with Crippen molar-refractivity contribution in [2.45, 2.75) is 57.7 Å². The second-order valence-electron chi connectivity index (χ2n) is 6.15. The lowest BCUT2D eigenvalue weighted by molar-refractivity contribution is 0.130. The maximum Gasteiger partial charge on any atom is 0.0304 e. The predicted molar refractivity (Wildman–Crippen MR) is 80.0 cm³/mol. The third-order valence-electron chi connectivity index (χ3n) is 3.75. The van der Waals surface area contributed by atoms with Gasteiger partial charge in [-0.1, -0.05) is 34.6 Å². The van der Waals surface area contributed by atoms with E-state index in [4.69, 9.17) is 0 Å². The van der Waals surface area contributed by atoms with Gasteiger partial charge in [-0.05, 0) is 12.8 Å². The minimum atomic E-state index is 0.380. The Balaban J connectivity index is 2.35. The van der Waals surface area contributed by atoms with Crippen LogP contribution in [-0.4, -0.2) is 47.1 Å². The molecule has 0 saturated carbocycles. The molecular formula is C14H30N2S. The zero-order chi connectivity index (χ0) is 12.9. The van der Waals surface area contributed by atoms with Gasteiger partial charge in [0.15, 0.2) is 0 Å². The molecule has 1 saturated heterocycles. The van der Waals surface area contributed by atoms with Gasteiger partial charge in [-0.3, -0.25) is 4.90 Å². The first-order valence-electron chi connectivity index (χ1n) is 7.02. The van der Waals surface area contributed by atoms with E-state index in [0.717, 1.165) is 6.54 Å². The minimum Gasteiger partial charge on any atom is -0.309 e. The summed E-state index contributed by atoms with van der Waals surface area (Å²) < 4.78 is 0.403. The van der Waals surface area contributed by atoms with Crippen LogP contribution in [0.2, 0.25) is 0 Å². The van der Waals surface area contributed by atoms with Gasteiger partial charge in [0.05, 0.1) is 0 Å². The average Bonchev–Trinajstić information content (AvgIpc) is 2.27. The lowest BCUT2D eigenvalue weighted by Crippen LogP contribution is -2.60. The van der Waals surface area contributed by atoms with E-state index in [1.807, 2.05) is 0 Å². The van der Waals surface area contributed by atoms with Gasteiger partial charge in [-0.25, -0.2) is 0 Å². The Bertz CT molecular complexity index is 219. The summed E-state index contributed by atoms with van der Waals surface area (Å²) in [6.45, 7) is 16.4. The van der Waals surface area contributed by atoms with Crippen molar-refractivity contribution >= 4 is 11.8 Å². The van der Waals surface area contributed by atoms with Gasteiger partial charge in [-0.15, -0.1) is 0 Å². The van der Waals surface area contributed by atoms with Crippen LogP contribution in [0.4, 0.5) is 0 Å². The number of nitrogens with one attached hydrogen (secondary N) is 1. The normalized spacial score (nSPS) is 21.7. The molecule has 1 fully saturated rings. The maximum absolute atomic E-state index is 3.72. The quantitative estimate of drug-likeness (QED) is 0.816. The lowest BCUT2D eigenvalue weighted by atomic mass is 9.90. The van der Waals surface area contributed by atoms with Crippen LogP contribution in [-0.2, 0) is 0 Å². The molecular weight excluding hydrogens is 228 g/mol. The summed E-state index contributed by atoms with van der Waals surface area (Å²) in [6.07, 6.45) is 2.48. The zero-order valence-electron chi connectivity index (χ0n) is 12.3. The number of nitrogens with zero attached hydrogens (tertiary/aromatic N) is 1. The number of hydrogen-bond donors (Lipinski definition) is 1. The highest BCUT2D eigenvalue weighted by Gasteiger charge is 2.31. The zero-order valence-corrected chi connectivity index (χ0v) is 13.1. The Kier molecular flexibility index (Phi) is 5.81. The van der Waals surface area contributed by atoms with Crippen molar-refractivity contribution in [1.82, 2.24) is 10.2 Å². The Morgan fingerprint density at radius 1 is 1.24 bits per heavy atom. The fraction of sp³-hybridized carbons (Fsp3) is 1.00. The van der Waals surface area contributed by atoms with Crippen LogP contribution in [0, 0.1) is 0 Å². The van der Waals surface area contributed by atoms with Crippen molar-refractivity contribution in [3.05, 3.63) is 0 Å². The van der Waals surface area contributed by atoms with Gasteiger partial charge in [0.25, 0.3) is 0 Å². The molecule has 0 aromatic heterocycles. The van der Waals surface area contributed by atoms with Crippen molar-refractivity contribution in [2.75, 3.05) is 31.9 Å². The molecule has 1 aliphatic rings. The van der Waals surface area contributed by atoms with Gasteiger partial charge in [0, 0.05) is 42.2 Å². The van der Waals surface area contributed by atoms with Crippen molar-refractivity contribution < 1.29 is 0 Å². The average molecular weight is 258 g/mol. The number of piperazine rings is 1. The first-order chi connectivity index (χ1) is 7.91. The number of thioether (sulfide) groups is 1. The fourth-order valence-corrected chi connectivity index (χ4v) is 3.40. The molecule has 0 unspecified atom stereocenters. The van der Waals surface area contributed by atoms with E-state index >= 15 is 0 Å². The van der Waals surface area contributed by atoms with E-state index in [0.29, 0.717) is 10.3 Å². The molecule has 3 heteroatoms.